The van der Waals surface area contributed by atoms with Crippen molar-refractivity contribution in [3.63, 3.8) is 0 Å². The molecule has 0 atom stereocenters. The molecule has 1 heterocycles. The average molecular weight is 304 g/mol. The van der Waals surface area contributed by atoms with Gasteiger partial charge >= 0.3 is 0 Å². The van der Waals surface area contributed by atoms with Gasteiger partial charge < -0.3 is 10.6 Å². The number of carbonyl (C=O) groups is 2. The normalized spacial score (nSPS) is 24.8. The molecule has 0 aliphatic heterocycles. The van der Waals surface area contributed by atoms with Crippen LogP contribution in [-0.4, -0.2) is 28.1 Å². The molecule has 1 aromatic heterocycles. The van der Waals surface area contributed by atoms with Crippen molar-refractivity contribution in [2.45, 2.75) is 63.8 Å². The van der Waals surface area contributed by atoms with Crippen LogP contribution in [0.4, 0.5) is 5.82 Å². The van der Waals surface area contributed by atoms with Crippen molar-refractivity contribution < 1.29 is 9.59 Å². The molecule has 22 heavy (non-hydrogen) atoms. The van der Waals surface area contributed by atoms with Crippen molar-refractivity contribution in [3.8, 4) is 0 Å². The SMILES string of the molecule is CC(=O)N[C@H]1C[C@@H](c2cc(NC(=O)CC3CCCC3)[nH]n2)C1. The maximum Gasteiger partial charge on any atom is 0.225 e. The molecule has 0 radical (unpaired) electrons. The van der Waals surface area contributed by atoms with Gasteiger partial charge in [0.2, 0.25) is 11.8 Å². The van der Waals surface area contributed by atoms with E-state index in [0.29, 0.717) is 24.1 Å². The van der Waals surface area contributed by atoms with Gasteiger partial charge in [0.05, 0.1) is 5.69 Å². The van der Waals surface area contributed by atoms with Crippen molar-refractivity contribution in [2.24, 2.45) is 5.92 Å². The van der Waals surface area contributed by atoms with Crippen LogP contribution in [0.15, 0.2) is 6.07 Å². The van der Waals surface area contributed by atoms with Gasteiger partial charge in [0.25, 0.3) is 0 Å². The van der Waals surface area contributed by atoms with Crippen LogP contribution in [-0.2, 0) is 9.59 Å². The molecule has 3 rings (SSSR count). The zero-order valence-electron chi connectivity index (χ0n) is 13.0. The van der Waals surface area contributed by atoms with E-state index in [1.54, 1.807) is 6.92 Å². The predicted molar refractivity (Wildman–Crippen MR) is 83.4 cm³/mol. The number of amides is 2. The van der Waals surface area contributed by atoms with Gasteiger partial charge in [-0.2, -0.15) is 5.10 Å². The van der Waals surface area contributed by atoms with Crippen LogP contribution >= 0.6 is 0 Å². The molecule has 2 aliphatic rings. The molecule has 3 N–H and O–H groups in total. The van der Waals surface area contributed by atoms with Crippen LogP contribution in [0.2, 0.25) is 0 Å². The predicted octanol–water partition coefficient (Wildman–Crippen LogP) is 2.31. The van der Waals surface area contributed by atoms with Gasteiger partial charge in [0.15, 0.2) is 0 Å². The Bertz CT molecular complexity index is 542. The highest BCUT2D eigenvalue weighted by Crippen LogP contribution is 2.36. The van der Waals surface area contributed by atoms with E-state index in [2.05, 4.69) is 20.8 Å². The first-order valence-corrected chi connectivity index (χ1v) is 8.22. The monoisotopic (exact) mass is 304 g/mol. The summed E-state index contributed by atoms with van der Waals surface area (Å²) < 4.78 is 0. The summed E-state index contributed by atoms with van der Waals surface area (Å²) >= 11 is 0. The molecule has 0 unspecified atom stereocenters. The van der Waals surface area contributed by atoms with E-state index in [1.807, 2.05) is 6.07 Å². The Morgan fingerprint density at radius 2 is 2.05 bits per heavy atom. The maximum atomic E-state index is 12.0. The molecule has 2 aliphatic carbocycles. The van der Waals surface area contributed by atoms with Gasteiger partial charge in [-0.25, -0.2) is 0 Å². The molecular formula is C16H24N4O2. The standard InChI is InChI=1S/C16H24N4O2/c1-10(21)17-13-7-12(8-13)14-9-15(20-19-14)18-16(22)6-11-4-2-3-5-11/h9,11-13H,2-8H2,1H3,(H,17,21)(H2,18,19,20,22)/t12-,13+. The van der Waals surface area contributed by atoms with Crippen LogP contribution in [0.25, 0.3) is 0 Å². The Morgan fingerprint density at radius 1 is 1.32 bits per heavy atom. The third kappa shape index (κ3) is 3.67. The second kappa shape index (κ2) is 6.50. The smallest absolute Gasteiger partial charge is 0.225 e. The highest BCUT2D eigenvalue weighted by molar-refractivity contribution is 5.89. The summed E-state index contributed by atoms with van der Waals surface area (Å²) in [4.78, 5) is 23.0. The Morgan fingerprint density at radius 3 is 2.73 bits per heavy atom. The van der Waals surface area contributed by atoms with E-state index in [1.165, 1.54) is 25.7 Å². The number of carbonyl (C=O) groups excluding carboxylic acids is 2. The second-order valence-corrected chi connectivity index (χ2v) is 6.68. The molecular weight excluding hydrogens is 280 g/mol. The molecule has 2 amide bonds. The minimum atomic E-state index is 0.0188. The summed E-state index contributed by atoms with van der Waals surface area (Å²) in [6.07, 6.45) is 7.30. The molecule has 6 nitrogen and oxygen atoms in total. The van der Waals surface area contributed by atoms with E-state index in [4.69, 9.17) is 0 Å². The highest BCUT2D eigenvalue weighted by Gasteiger charge is 2.32. The molecule has 0 aromatic carbocycles. The number of anilines is 1. The molecule has 0 saturated heterocycles. The van der Waals surface area contributed by atoms with E-state index >= 15 is 0 Å². The van der Waals surface area contributed by atoms with E-state index in [9.17, 15) is 9.59 Å². The summed E-state index contributed by atoms with van der Waals surface area (Å²) in [7, 11) is 0. The number of hydrogen-bond donors (Lipinski definition) is 3. The number of rotatable bonds is 5. The summed E-state index contributed by atoms with van der Waals surface area (Å²) in [6, 6.07) is 2.18. The Labute approximate surface area is 130 Å². The quantitative estimate of drug-likeness (QED) is 0.780. The number of aromatic amines is 1. The lowest BCUT2D eigenvalue weighted by molar-refractivity contribution is -0.120. The number of nitrogens with zero attached hydrogens (tertiary/aromatic N) is 1. The highest BCUT2D eigenvalue weighted by atomic mass is 16.2. The van der Waals surface area contributed by atoms with Crippen molar-refractivity contribution in [1.82, 2.24) is 15.5 Å². The first kappa shape index (κ1) is 15.1. The summed E-state index contributed by atoms with van der Waals surface area (Å²) in [5.74, 6) is 1.69. The van der Waals surface area contributed by atoms with Gasteiger partial charge in [-0.05, 0) is 31.6 Å². The lowest BCUT2D eigenvalue weighted by atomic mass is 9.78. The van der Waals surface area contributed by atoms with Crippen molar-refractivity contribution in [2.75, 3.05) is 5.32 Å². The zero-order chi connectivity index (χ0) is 15.5. The lowest BCUT2D eigenvalue weighted by Gasteiger charge is -2.34. The van der Waals surface area contributed by atoms with Crippen LogP contribution in [0.5, 0.6) is 0 Å². The number of hydrogen-bond acceptors (Lipinski definition) is 3. The fourth-order valence-electron chi connectivity index (χ4n) is 3.55. The molecule has 0 bridgehead atoms. The first-order valence-electron chi connectivity index (χ1n) is 8.22. The molecule has 2 saturated carbocycles. The van der Waals surface area contributed by atoms with Crippen LogP contribution in [0, 0.1) is 5.92 Å². The van der Waals surface area contributed by atoms with Crippen molar-refractivity contribution >= 4 is 17.6 Å². The Hall–Kier alpha value is -1.85. The third-order valence-electron chi connectivity index (χ3n) is 4.78. The van der Waals surface area contributed by atoms with E-state index < -0.39 is 0 Å². The van der Waals surface area contributed by atoms with Gasteiger partial charge in [-0.15, -0.1) is 0 Å². The van der Waals surface area contributed by atoms with Crippen molar-refractivity contribution in [3.05, 3.63) is 11.8 Å². The maximum absolute atomic E-state index is 12.0. The number of nitrogens with one attached hydrogen (secondary N) is 3. The Balaban J connectivity index is 1.45. The second-order valence-electron chi connectivity index (χ2n) is 6.68. The largest absolute Gasteiger partial charge is 0.354 e. The minimum absolute atomic E-state index is 0.0188. The Kier molecular flexibility index (Phi) is 4.45. The molecule has 0 spiro atoms. The molecule has 120 valence electrons. The van der Waals surface area contributed by atoms with Gasteiger partial charge in [0, 0.05) is 31.4 Å². The number of aromatic nitrogens is 2. The van der Waals surface area contributed by atoms with Crippen LogP contribution < -0.4 is 10.6 Å². The average Bonchev–Trinajstić information content (AvgIpc) is 3.04. The van der Waals surface area contributed by atoms with Crippen LogP contribution in [0.1, 0.15) is 63.5 Å². The van der Waals surface area contributed by atoms with E-state index in [-0.39, 0.29) is 17.9 Å². The minimum Gasteiger partial charge on any atom is -0.354 e. The van der Waals surface area contributed by atoms with Gasteiger partial charge in [0.1, 0.15) is 5.82 Å². The van der Waals surface area contributed by atoms with Gasteiger partial charge in [-0.1, -0.05) is 12.8 Å². The summed E-state index contributed by atoms with van der Waals surface area (Å²) in [6.45, 7) is 1.54. The fraction of sp³-hybridized carbons (Fsp3) is 0.688. The summed E-state index contributed by atoms with van der Waals surface area (Å²) in [5, 5.41) is 13.0. The van der Waals surface area contributed by atoms with E-state index in [0.717, 1.165) is 18.5 Å². The molecule has 6 heteroatoms. The van der Waals surface area contributed by atoms with Gasteiger partial charge in [-0.3, -0.25) is 14.7 Å². The fourth-order valence-corrected chi connectivity index (χ4v) is 3.55. The van der Waals surface area contributed by atoms with Crippen LogP contribution in [0.3, 0.4) is 0 Å². The third-order valence-corrected chi connectivity index (χ3v) is 4.78. The molecule has 2 fully saturated rings. The lowest BCUT2D eigenvalue weighted by Crippen LogP contribution is -2.42. The first-order chi connectivity index (χ1) is 10.6. The number of H-pyrrole nitrogens is 1. The zero-order valence-corrected chi connectivity index (χ0v) is 13.0. The summed E-state index contributed by atoms with van der Waals surface area (Å²) in [5.41, 5.74) is 0.970. The molecule has 1 aromatic rings. The van der Waals surface area contributed by atoms with Crippen molar-refractivity contribution in [1.29, 1.82) is 0 Å². The topological polar surface area (TPSA) is 86.9 Å².